The molecule has 2 aliphatic heterocycles. The van der Waals surface area contributed by atoms with Crippen molar-refractivity contribution >= 4 is 11.4 Å². The lowest BCUT2D eigenvalue weighted by Crippen LogP contribution is -2.29. The third-order valence-corrected chi connectivity index (χ3v) is 3.62. The van der Waals surface area contributed by atoms with Gasteiger partial charge in [-0.2, -0.15) is 0 Å². The molecule has 2 unspecified atom stereocenters. The van der Waals surface area contributed by atoms with E-state index in [1.165, 1.54) is 0 Å². The molecule has 0 aromatic heterocycles. The maximum atomic E-state index is 5.51. The van der Waals surface area contributed by atoms with Crippen LogP contribution in [0.25, 0.3) is 0 Å². The molecule has 5 nitrogen and oxygen atoms in total. The molecule has 5 heteroatoms. The molecule has 1 saturated heterocycles. The first-order valence-electron chi connectivity index (χ1n) is 6.16. The molecule has 1 aromatic rings. The molecule has 0 spiro atoms. The fraction of sp³-hybridized carbons (Fsp3) is 0.538. The lowest BCUT2D eigenvalue weighted by Gasteiger charge is -2.17. The van der Waals surface area contributed by atoms with Crippen molar-refractivity contribution in [3.63, 3.8) is 0 Å². The van der Waals surface area contributed by atoms with Gasteiger partial charge in [0.25, 0.3) is 0 Å². The summed E-state index contributed by atoms with van der Waals surface area (Å²) in [5.41, 5.74) is 2.10. The number of benzene rings is 1. The number of ether oxygens (including phenoxy) is 3. The van der Waals surface area contributed by atoms with E-state index >= 15 is 0 Å². The smallest absolute Gasteiger partial charge is 0.162 e. The molecule has 0 radical (unpaired) electrons. The Morgan fingerprint density at radius 2 is 1.83 bits per heavy atom. The minimum atomic E-state index is 0.372. The second kappa shape index (κ2) is 4.57. The maximum Gasteiger partial charge on any atom is 0.162 e. The Morgan fingerprint density at radius 3 is 2.56 bits per heavy atom. The Hall–Kier alpha value is -1.62. The summed E-state index contributed by atoms with van der Waals surface area (Å²) in [6.45, 7) is 2.49. The minimum absolute atomic E-state index is 0.372. The van der Waals surface area contributed by atoms with Gasteiger partial charge in [-0.1, -0.05) is 0 Å². The molecule has 1 fully saturated rings. The van der Waals surface area contributed by atoms with Crippen LogP contribution in [-0.4, -0.2) is 40.0 Å². The van der Waals surface area contributed by atoms with Crippen LogP contribution in [-0.2, 0) is 4.74 Å². The van der Waals surface area contributed by atoms with E-state index < -0.39 is 0 Å². The van der Waals surface area contributed by atoms with E-state index in [2.05, 4.69) is 10.6 Å². The first kappa shape index (κ1) is 11.5. The predicted octanol–water partition coefficient (Wildman–Crippen LogP) is 1.56. The number of anilines is 2. The van der Waals surface area contributed by atoms with Crippen LogP contribution in [0.15, 0.2) is 12.1 Å². The number of rotatable bonds is 2. The Labute approximate surface area is 106 Å². The van der Waals surface area contributed by atoms with Crippen LogP contribution < -0.4 is 20.1 Å². The first-order chi connectivity index (χ1) is 8.81. The molecule has 3 rings (SSSR count). The van der Waals surface area contributed by atoms with Crippen LogP contribution in [0, 0.1) is 5.92 Å². The second-order valence-electron chi connectivity index (χ2n) is 4.68. The van der Waals surface area contributed by atoms with Crippen molar-refractivity contribution in [2.75, 3.05) is 44.6 Å². The Balaban J connectivity index is 1.96. The SMILES string of the molecule is COc1cc2c(cc1OC)NC1COCC1CN2. The van der Waals surface area contributed by atoms with Crippen LogP contribution in [0.2, 0.25) is 0 Å². The van der Waals surface area contributed by atoms with Crippen molar-refractivity contribution < 1.29 is 14.2 Å². The summed E-state index contributed by atoms with van der Waals surface area (Å²) in [6, 6.07) is 4.32. The van der Waals surface area contributed by atoms with E-state index in [4.69, 9.17) is 14.2 Å². The van der Waals surface area contributed by atoms with Crippen molar-refractivity contribution in [1.29, 1.82) is 0 Å². The van der Waals surface area contributed by atoms with Crippen molar-refractivity contribution in [2.45, 2.75) is 6.04 Å². The van der Waals surface area contributed by atoms with Gasteiger partial charge in [-0.3, -0.25) is 0 Å². The van der Waals surface area contributed by atoms with Gasteiger partial charge < -0.3 is 24.8 Å². The Morgan fingerprint density at radius 1 is 1.11 bits per heavy atom. The Bertz CT molecular complexity index is 450. The molecule has 18 heavy (non-hydrogen) atoms. The van der Waals surface area contributed by atoms with E-state index in [9.17, 15) is 0 Å². The molecule has 0 amide bonds. The number of nitrogens with one attached hydrogen (secondary N) is 2. The highest BCUT2D eigenvalue weighted by Crippen LogP contribution is 2.39. The van der Waals surface area contributed by atoms with Crippen LogP contribution in [0.5, 0.6) is 11.5 Å². The van der Waals surface area contributed by atoms with Gasteiger partial charge >= 0.3 is 0 Å². The average Bonchev–Trinajstić information content (AvgIpc) is 2.77. The fourth-order valence-corrected chi connectivity index (χ4v) is 2.54. The second-order valence-corrected chi connectivity index (χ2v) is 4.68. The molecule has 2 atom stereocenters. The number of fused-ring (bicyclic) bond motifs is 2. The van der Waals surface area contributed by atoms with Gasteiger partial charge in [-0.15, -0.1) is 0 Å². The predicted molar refractivity (Wildman–Crippen MR) is 69.8 cm³/mol. The van der Waals surface area contributed by atoms with Crippen molar-refractivity contribution in [2.24, 2.45) is 5.92 Å². The number of hydrogen-bond acceptors (Lipinski definition) is 5. The summed E-state index contributed by atoms with van der Waals surface area (Å²) in [4.78, 5) is 0. The zero-order valence-corrected chi connectivity index (χ0v) is 10.7. The third kappa shape index (κ3) is 1.84. The van der Waals surface area contributed by atoms with Gasteiger partial charge in [0.05, 0.1) is 44.8 Å². The Kier molecular flexibility index (Phi) is 2.91. The lowest BCUT2D eigenvalue weighted by atomic mass is 10.0. The topological polar surface area (TPSA) is 51.8 Å². The van der Waals surface area contributed by atoms with E-state index in [1.807, 2.05) is 12.1 Å². The quantitative estimate of drug-likeness (QED) is 0.834. The summed E-state index contributed by atoms with van der Waals surface area (Å²) >= 11 is 0. The van der Waals surface area contributed by atoms with Crippen LogP contribution >= 0.6 is 0 Å². The standard InChI is InChI=1S/C13H18N2O3/c1-16-12-3-9-10(4-13(12)17-2)15-11-7-18-6-8(11)5-14-9/h3-4,8,11,14-15H,5-7H2,1-2H3. The largest absolute Gasteiger partial charge is 0.493 e. The molecule has 98 valence electrons. The van der Waals surface area contributed by atoms with Gasteiger partial charge in [0.2, 0.25) is 0 Å². The molecule has 2 N–H and O–H groups in total. The van der Waals surface area contributed by atoms with Crippen molar-refractivity contribution in [1.82, 2.24) is 0 Å². The van der Waals surface area contributed by atoms with Gasteiger partial charge in [0.15, 0.2) is 11.5 Å². The molecule has 0 saturated carbocycles. The highest BCUT2D eigenvalue weighted by atomic mass is 16.5. The molecule has 2 heterocycles. The minimum Gasteiger partial charge on any atom is -0.493 e. The highest BCUT2D eigenvalue weighted by molar-refractivity contribution is 5.75. The summed E-state index contributed by atoms with van der Waals surface area (Å²) in [5.74, 6) is 1.99. The third-order valence-electron chi connectivity index (χ3n) is 3.62. The fourth-order valence-electron chi connectivity index (χ4n) is 2.54. The van der Waals surface area contributed by atoms with Crippen LogP contribution in [0.4, 0.5) is 11.4 Å². The number of hydrogen-bond donors (Lipinski definition) is 2. The number of methoxy groups -OCH3 is 2. The van der Waals surface area contributed by atoms with E-state index in [0.29, 0.717) is 12.0 Å². The lowest BCUT2D eigenvalue weighted by molar-refractivity contribution is 0.186. The molecule has 0 bridgehead atoms. The summed E-state index contributed by atoms with van der Waals surface area (Å²) < 4.78 is 16.2. The van der Waals surface area contributed by atoms with Crippen LogP contribution in [0.3, 0.4) is 0 Å². The average molecular weight is 250 g/mol. The van der Waals surface area contributed by atoms with Gasteiger partial charge in [-0.05, 0) is 0 Å². The van der Waals surface area contributed by atoms with E-state index in [0.717, 1.165) is 42.6 Å². The summed E-state index contributed by atoms with van der Waals surface area (Å²) in [5, 5.41) is 6.97. The summed E-state index contributed by atoms with van der Waals surface area (Å²) in [7, 11) is 3.30. The molecule has 2 aliphatic rings. The van der Waals surface area contributed by atoms with Crippen molar-refractivity contribution in [3.8, 4) is 11.5 Å². The van der Waals surface area contributed by atoms with Gasteiger partial charge in [-0.25, -0.2) is 0 Å². The van der Waals surface area contributed by atoms with E-state index in [-0.39, 0.29) is 0 Å². The van der Waals surface area contributed by atoms with Gasteiger partial charge in [0, 0.05) is 24.6 Å². The zero-order valence-electron chi connectivity index (χ0n) is 10.7. The maximum absolute atomic E-state index is 5.51. The summed E-state index contributed by atoms with van der Waals surface area (Å²) in [6.07, 6.45) is 0. The van der Waals surface area contributed by atoms with Crippen LogP contribution in [0.1, 0.15) is 0 Å². The normalized spacial score (nSPS) is 25.2. The van der Waals surface area contributed by atoms with Crippen molar-refractivity contribution in [3.05, 3.63) is 12.1 Å². The molecule has 1 aromatic carbocycles. The van der Waals surface area contributed by atoms with E-state index in [1.54, 1.807) is 14.2 Å². The molecular formula is C13H18N2O3. The zero-order chi connectivity index (χ0) is 12.5. The molecule has 0 aliphatic carbocycles. The monoisotopic (exact) mass is 250 g/mol. The molecular weight excluding hydrogens is 232 g/mol. The van der Waals surface area contributed by atoms with Gasteiger partial charge in [0.1, 0.15) is 0 Å². The highest BCUT2D eigenvalue weighted by Gasteiger charge is 2.31. The first-order valence-corrected chi connectivity index (χ1v) is 6.16.